The molecule has 0 saturated carbocycles. The summed E-state index contributed by atoms with van der Waals surface area (Å²) in [7, 11) is 0. The van der Waals surface area contributed by atoms with Gasteiger partial charge in [-0.2, -0.15) is 26.3 Å². The van der Waals surface area contributed by atoms with Crippen molar-refractivity contribution in [2.45, 2.75) is 69.9 Å². The normalized spacial score (nSPS) is 14.2. The Hall–Kier alpha value is -2.60. The van der Waals surface area contributed by atoms with Gasteiger partial charge in [0.2, 0.25) is 0 Å². The molecule has 2 unspecified atom stereocenters. The fourth-order valence-electron chi connectivity index (χ4n) is 3.22. The molecule has 0 heterocycles. The first-order chi connectivity index (χ1) is 14.3. The van der Waals surface area contributed by atoms with E-state index in [0.29, 0.717) is 23.4 Å². The van der Waals surface area contributed by atoms with E-state index in [1.54, 1.807) is 25.1 Å². The molecule has 0 spiro atoms. The number of hydrogen-bond acceptors (Lipinski definition) is 5. The minimum atomic E-state index is -4.96. The lowest BCUT2D eigenvalue weighted by Gasteiger charge is -2.18. The van der Waals surface area contributed by atoms with Gasteiger partial charge in [-0.05, 0) is 43.7 Å². The fraction of sp³-hybridized carbons (Fsp3) is 0.667. The van der Waals surface area contributed by atoms with Crippen LogP contribution in [0.2, 0.25) is 0 Å². The maximum absolute atomic E-state index is 12.7. The second kappa shape index (κ2) is 11.1. The molecule has 1 aromatic carbocycles. The minimum Gasteiger partial charge on any atom is -0.385 e. The van der Waals surface area contributed by atoms with Crippen LogP contribution in [-0.2, 0) is 12.8 Å². The number of para-hydroxylation sites is 1. The van der Waals surface area contributed by atoms with Gasteiger partial charge < -0.3 is 5.32 Å². The molecule has 0 aromatic heterocycles. The zero-order valence-electron chi connectivity index (χ0n) is 16.6. The van der Waals surface area contributed by atoms with Gasteiger partial charge in [0, 0.05) is 34.9 Å². The molecule has 1 N–H and O–H groups in total. The lowest BCUT2D eigenvalue weighted by molar-refractivity contribution is -0.563. The summed E-state index contributed by atoms with van der Waals surface area (Å²) in [6, 6.07) is -0.522. The van der Waals surface area contributed by atoms with Crippen molar-refractivity contribution in [3.63, 3.8) is 0 Å². The number of nitrogens with one attached hydrogen (secondary N) is 1. The molecule has 1 aromatic rings. The Kier molecular flexibility index (Phi) is 9.50. The summed E-state index contributed by atoms with van der Waals surface area (Å²) in [6.07, 6.45) is -11.4. The van der Waals surface area contributed by atoms with Crippen molar-refractivity contribution >= 4 is 5.69 Å². The van der Waals surface area contributed by atoms with Gasteiger partial charge in [0.1, 0.15) is 0 Å². The highest BCUT2D eigenvalue weighted by Gasteiger charge is 2.49. The molecule has 13 heteroatoms. The molecule has 0 radical (unpaired) electrons. The van der Waals surface area contributed by atoms with Crippen LogP contribution >= 0.6 is 0 Å². The van der Waals surface area contributed by atoms with Crippen molar-refractivity contribution in [2.75, 3.05) is 11.9 Å². The van der Waals surface area contributed by atoms with Crippen LogP contribution in [0.15, 0.2) is 18.2 Å². The highest BCUT2D eigenvalue weighted by atomic mass is 19.4. The molecule has 7 nitrogen and oxygen atoms in total. The molecular weight excluding hydrogens is 436 g/mol. The summed E-state index contributed by atoms with van der Waals surface area (Å²) in [5.74, 6) is 0. The molecule has 0 aliphatic rings. The Morgan fingerprint density at radius 3 is 1.55 bits per heavy atom. The van der Waals surface area contributed by atoms with Crippen LogP contribution in [0.1, 0.15) is 43.7 Å². The zero-order valence-corrected chi connectivity index (χ0v) is 16.6. The van der Waals surface area contributed by atoms with Crippen LogP contribution < -0.4 is 5.32 Å². The van der Waals surface area contributed by atoms with E-state index in [4.69, 9.17) is 0 Å². The summed E-state index contributed by atoms with van der Waals surface area (Å²) in [5.41, 5.74) is 1.68. The van der Waals surface area contributed by atoms with E-state index in [1.807, 2.05) is 0 Å². The molecule has 2 atom stereocenters. The van der Waals surface area contributed by atoms with Crippen molar-refractivity contribution in [3.05, 3.63) is 49.6 Å². The summed E-state index contributed by atoms with van der Waals surface area (Å²) in [4.78, 5) is 18.6. The van der Waals surface area contributed by atoms with Crippen LogP contribution in [0.3, 0.4) is 0 Å². The van der Waals surface area contributed by atoms with Crippen molar-refractivity contribution < 1.29 is 36.2 Å². The molecule has 0 fully saturated rings. The highest BCUT2D eigenvalue weighted by molar-refractivity contribution is 5.58. The van der Waals surface area contributed by atoms with Gasteiger partial charge in [-0.1, -0.05) is 18.2 Å². The van der Waals surface area contributed by atoms with Crippen LogP contribution in [0.5, 0.6) is 0 Å². The molecule has 0 amide bonds. The molecule has 176 valence electrons. The van der Waals surface area contributed by atoms with E-state index < -0.39 is 47.1 Å². The number of nitro groups is 2. The van der Waals surface area contributed by atoms with Crippen molar-refractivity contribution in [1.82, 2.24) is 0 Å². The van der Waals surface area contributed by atoms with E-state index in [2.05, 4.69) is 5.32 Å². The third-order valence-electron chi connectivity index (χ3n) is 4.70. The van der Waals surface area contributed by atoms with Gasteiger partial charge >= 0.3 is 24.4 Å². The smallest absolute Gasteiger partial charge is 0.385 e. The first-order valence-electron chi connectivity index (χ1n) is 9.54. The van der Waals surface area contributed by atoms with Gasteiger partial charge in [-0.15, -0.1) is 0 Å². The van der Waals surface area contributed by atoms with Gasteiger partial charge in [-0.3, -0.25) is 20.2 Å². The van der Waals surface area contributed by atoms with Crippen LogP contribution in [0, 0.1) is 20.2 Å². The molecule has 0 bridgehead atoms. The molecule has 1 rings (SSSR count). The first kappa shape index (κ1) is 26.4. The van der Waals surface area contributed by atoms with Gasteiger partial charge in [0.15, 0.2) is 0 Å². The van der Waals surface area contributed by atoms with Crippen molar-refractivity contribution in [3.8, 4) is 0 Å². The average Bonchev–Trinajstić information content (AvgIpc) is 2.61. The standard InChI is InChI=1S/C18H23F6N3O4/c1-2-25-16-12(8-4-10-14(26(28)29)17(19,20)21)6-3-7-13(16)9-5-11-15(27(30)31)18(22,23)24/h3,6-7,14-15,25H,2,4-5,8-11H2,1H3. The Balaban J connectivity index is 2.88. The number of hydrogen-bond donors (Lipinski definition) is 1. The molecule has 0 aliphatic carbocycles. The number of rotatable bonds is 12. The molecular formula is C18H23F6N3O4. The topological polar surface area (TPSA) is 98.3 Å². The van der Waals surface area contributed by atoms with E-state index in [-0.39, 0.29) is 25.7 Å². The quantitative estimate of drug-likeness (QED) is 0.264. The number of benzene rings is 1. The predicted molar refractivity (Wildman–Crippen MR) is 100 cm³/mol. The Morgan fingerprint density at radius 1 is 0.871 bits per heavy atom. The Bertz CT molecular complexity index is 699. The van der Waals surface area contributed by atoms with Gasteiger partial charge in [-0.25, -0.2) is 0 Å². The van der Waals surface area contributed by atoms with Crippen molar-refractivity contribution in [1.29, 1.82) is 0 Å². The minimum absolute atomic E-state index is 0.0939. The Labute approximate surface area is 174 Å². The SMILES string of the molecule is CCNc1c(CCCC([N+](=O)[O-])C(F)(F)F)cccc1CCCC([N+](=O)[O-])C(F)(F)F. The average molecular weight is 459 g/mol. The maximum Gasteiger partial charge on any atom is 0.457 e. The number of aryl methyl sites for hydroxylation is 2. The number of alkyl halides is 6. The number of nitrogens with zero attached hydrogens (tertiary/aromatic N) is 2. The van der Waals surface area contributed by atoms with E-state index >= 15 is 0 Å². The summed E-state index contributed by atoms with van der Waals surface area (Å²) >= 11 is 0. The third kappa shape index (κ3) is 8.21. The van der Waals surface area contributed by atoms with Gasteiger partial charge in [0.05, 0.1) is 0 Å². The third-order valence-corrected chi connectivity index (χ3v) is 4.70. The highest BCUT2D eigenvalue weighted by Crippen LogP contribution is 2.30. The zero-order chi connectivity index (χ0) is 23.8. The second-order valence-electron chi connectivity index (χ2n) is 6.95. The van der Waals surface area contributed by atoms with Crippen LogP contribution in [-0.4, -0.2) is 40.8 Å². The van der Waals surface area contributed by atoms with Crippen LogP contribution in [0.4, 0.5) is 32.0 Å². The predicted octanol–water partition coefficient (Wildman–Crippen LogP) is 5.18. The molecule has 0 aliphatic heterocycles. The summed E-state index contributed by atoms with van der Waals surface area (Å²) in [5, 5.41) is 24.3. The number of anilines is 1. The van der Waals surface area contributed by atoms with Crippen LogP contribution in [0.25, 0.3) is 0 Å². The molecule has 31 heavy (non-hydrogen) atoms. The largest absolute Gasteiger partial charge is 0.457 e. The first-order valence-corrected chi connectivity index (χ1v) is 9.54. The number of halogens is 6. The van der Waals surface area contributed by atoms with Crippen molar-refractivity contribution in [2.24, 2.45) is 0 Å². The lowest BCUT2D eigenvalue weighted by atomic mass is 9.96. The lowest BCUT2D eigenvalue weighted by Crippen LogP contribution is -2.36. The molecule has 0 saturated heterocycles. The monoisotopic (exact) mass is 459 g/mol. The van der Waals surface area contributed by atoms with E-state index in [9.17, 15) is 46.6 Å². The maximum atomic E-state index is 12.7. The summed E-state index contributed by atoms with van der Waals surface area (Å²) < 4.78 is 76.3. The fourth-order valence-corrected chi connectivity index (χ4v) is 3.22. The Morgan fingerprint density at radius 2 is 1.26 bits per heavy atom. The van der Waals surface area contributed by atoms with Gasteiger partial charge in [0.25, 0.3) is 0 Å². The van der Waals surface area contributed by atoms with E-state index in [0.717, 1.165) is 0 Å². The second-order valence-corrected chi connectivity index (χ2v) is 6.95. The summed E-state index contributed by atoms with van der Waals surface area (Å²) in [6.45, 7) is 2.17. The van der Waals surface area contributed by atoms with E-state index in [1.165, 1.54) is 0 Å².